The number of nitrogens with zero attached hydrogens (tertiary/aromatic N) is 4. The minimum Gasteiger partial charge on any atom is -0.463 e. The van der Waals surface area contributed by atoms with Crippen LogP contribution in [0.5, 0.6) is 0 Å². The van der Waals surface area contributed by atoms with Gasteiger partial charge in [0, 0.05) is 24.6 Å². The quantitative estimate of drug-likeness (QED) is 0.220. The van der Waals surface area contributed by atoms with E-state index in [-0.39, 0.29) is 17.9 Å². The summed E-state index contributed by atoms with van der Waals surface area (Å²) in [6.45, 7) is 1.95. The van der Waals surface area contributed by atoms with Crippen molar-refractivity contribution in [1.29, 1.82) is 0 Å². The lowest BCUT2D eigenvalue weighted by Gasteiger charge is -2.26. The van der Waals surface area contributed by atoms with Crippen molar-refractivity contribution in [3.63, 3.8) is 0 Å². The molecule has 0 saturated heterocycles. The molecule has 1 unspecified atom stereocenters. The normalized spacial score (nSPS) is 15.1. The molecule has 0 bridgehead atoms. The summed E-state index contributed by atoms with van der Waals surface area (Å²) in [6, 6.07) is 22.3. The molecule has 2 aromatic heterocycles. The molecule has 212 valence electrons. The largest absolute Gasteiger partial charge is 0.463 e. The maximum absolute atomic E-state index is 14.1. The number of fused-ring (bicyclic) bond motifs is 2. The number of hydrogen-bond acceptors (Lipinski definition) is 7. The summed E-state index contributed by atoms with van der Waals surface area (Å²) < 4.78 is 10.8. The lowest BCUT2D eigenvalue weighted by atomic mass is 9.93. The first-order valence-electron chi connectivity index (χ1n) is 13.4. The minimum absolute atomic E-state index is 0.117. The number of hydrogen-bond donors (Lipinski definition) is 0. The number of thioether (sulfide) groups is 1. The van der Waals surface area contributed by atoms with Gasteiger partial charge < -0.3 is 4.74 Å². The number of aromatic nitrogens is 3. The number of rotatable bonds is 6. The topological polar surface area (TPSA) is 87.6 Å². The second kappa shape index (κ2) is 11.1. The summed E-state index contributed by atoms with van der Waals surface area (Å²) in [6.07, 6.45) is 3.81. The van der Waals surface area contributed by atoms with Crippen LogP contribution in [0.1, 0.15) is 29.7 Å². The van der Waals surface area contributed by atoms with E-state index in [0.29, 0.717) is 20.6 Å². The van der Waals surface area contributed by atoms with E-state index in [9.17, 15) is 14.4 Å². The van der Waals surface area contributed by atoms with Crippen LogP contribution < -0.4 is 20.6 Å². The molecule has 0 fully saturated rings. The van der Waals surface area contributed by atoms with E-state index in [1.807, 2.05) is 85.1 Å². The molecule has 0 N–H and O–H groups in total. The molecule has 3 heterocycles. The molecule has 3 aromatic carbocycles. The van der Waals surface area contributed by atoms with Gasteiger partial charge in [-0.2, -0.15) is 0 Å². The minimum atomic E-state index is -0.731. The van der Waals surface area contributed by atoms with Crippen molar-refractivity contribution in [1.82, 2.24) is 13.7 Å². The van der Waals surface area contributed by atoms with Crippen LogP contribution in [-0.4, -0.2) is 32.5 Å². The zero-order chi connectivity index (χ0) is 29.5. The summed E-state index contributed by atoms with van der Waals surface area (Å²) in [5.74, 6) is -0.510. The van der Waals surface area contributed by atoms with Crippen LogP contribution in [0.25, 0.3) is 22.8 Å². The number of imidazole rings is 1. The van der Waals surface area contributed by atoms with Crippen LogP contribution in [0.2, 0.25) is 0 Å². The van der Waals surface area contributed by atoms with Gasteiger partial charge >= 0.3 is 11.7 Å². The van der Waals surface area contributed by atoms with Crippen LogP contribution in [0.15, 0.2) is 97.8 Å². The highest BCUT2D eigenvalue weighted by molar-refractivity contribution is 7.98. The van der Waals surface area contributed by atoms with E-state index in [1.54, 1.807) is 46.5 Å². The van der Waals surface area contributed by atoms with Gasteiger partial charge in [0.25, 0.3) is 5.56 Å². The third-order valence-corrected chi connectivity index (χ3v) is 9.13. The SMILES string of the molecule is CCOC(=O)C1=C(c2ccccc2)N=c2s/c(=C/c3ccc4c(c3)n(C)c(=O)n4C)c(=O)n2C1c1ccc(SC)cc1. The molecule has 0 spiro atoms. The van der Waals surface area contributed by atoms with E-state index < -0.39 is 12.0 Å². The van der Waals surface area contributed by atoms with Gasteiger partial charge in [-0.1, -0.05) is 59.9 Å². The van der Waals surface area contributed by atoms with Crippen molar-refractivity contribution < 1.29 is 9.53 Å². The van der Waals surface area contributed by atoms with Gasteiger partial charge in [-0.05, 0) is 54.6 Å². The van der Waals surface area contributed by atoms with Crippen LogP contribution in [0.3, 0.4) is 0 Å². The molecule has 42 heavy (non-hydrogen) atoms. The summed E-state index contributed by atoms with van der Waals surface area (Å²) in [5, 5.41) is 0. The predicted molar refractivity (Wildman–Crippen MR) is 167 cm³/mol. The second-order valence-corrected chi connectivity index (χ2v) is 11.7. The summed E-state index contributed by atoms with van der Waals surface area (Å²) in [4.78, 5) is 46.6. The fourth-order valence-corrected chi connectivity index (χ4v) is 6.72. The third kappa shape index (κ3) is 4.66. The summed E-state index contributed by atoms with van der Waals surface area (Å²) >= 11 is 2.89. The van der Waals surface area contributed by atoms with Gasteiger partial charge in [0.1, 0.15) is 0 Å². The van der Waals surface area contributed by atoms with E-state index in [4.69, 9.17) is 9.73 Å². The van der Waals surface area contributed by atoms with Crippen LogP contribution in [0.4, 0.5) is 0 Å². The molecule has 1 aliphatic rings. The standard InChI is InChI=1S/C32H28N4O4S2/c1-5-40-30(38)26-27(20-9-7-6-8-10-20)33-31-36(28(26)21-12-14-22(41-4)15-13-21)29(37)25(42-31)18-19-11-16-23-24(17-19)35(3)32(39)34(23)2/h6-18,28H,5H2,1-4H3/b25-18+. The Kier molecular flexibility index (Phi) is 7.34. The summed E-state index contributed by atoms with van der Waals surface area (Å²) in [5.41, 5.74) is 4.34. The number of carbonyl (C=O) groups is 1. The Balaban J connectivity index is 1.62. The van der Waals surface area contributed by atoms with Crippen molar-refractivity contribution in [3.8, 4) is 0 Å². The Morgan fingerprint density at radius 3 is 2.40 bits per heavy atom. The average molecular weight is 597 g/mol. The highest BCUT2D eigenvalue weighted by Gasteiger charge is 2.35. The van der Waals surface area contributed by atoms with Gasteiger partial charge in [0.05, 0.1) is 39.5 Å². The highest BCUT2D eigenvalue weighted by atomic mass is 32.2. The molecule has 6 rings (SSSR count). The zero-order valence-corrected chi connectivity index (χ0v) is 25.2. The second-order valence-electron chi connectivity index (χ2n) is 9.85. The van der Waals surface area contributed by atoms with Crippen molar-refractivity contribution in [2.75, 3.05) is 12.9 Å². The Hall–Kier alpha value is -4.41. The van der Waals surface area contributed by atoms with E-state index >= 15 is 0 Å². The average Bonchev–Trinajstić information content (AvgIpc) is 3.44. The zero-order valence-electron chi connectivity index (χ0n) is 23.5. The van der Waals surface area contributed by atoms with Crippen molar-refractivity contribution >= 4 is 51.9 Å². The monoisotopic (exact) mass is 596 g/mol. The Bertz CT molecular complexity index is 2120. The Morgan fingerprint density at radius 1 is 1.00 bits per heavy atom. The first kappa shape index (κ1) is 27.7. The number of carbonyl (C=O) groups excluding carboxylic acids is 1. The Morgan fingerprint density at radius 2 is 1.71 bits per heavy atom. The maximum Gasteiger partial charge on any atom is 0.338 e. The smallest absolute Gasteiger partial charge is 0.338 e. The number of aryl methyl sites for hydroxylation is 2. The molecular formula is C32H28N4O4S2. The van der Waals surface area contributed by atoms with E-state index in [0.717, 1.165) is 32.6 Å². The van der Waals surface area contributed by atoms with Gasteiger partial charge in [-0.15, -0.1) is 11.8 Å². The van der Waals surface area contributed by atoms with Gasteiger partial charge in [0.15, 0.2) is 4.80 Å². The van der Waals surface area contributed by atoms with Crippen molar-refractivity contribution in [2.24, 2.45) is 19.1 Å². The summed E-state index contributed by atoms with van der Waals surface area (Å²) in [7, 11) is 3.46. The molecule has 1 atom stereocenters. The molecule has 5 aromatic rings. The van der Waals surface area contributed by atoms with Gasteiger partial charge in [-0.25, -0.2) is 14.6 Å². The lowest BCUT2D eigenvalue weighted by Crippen LogP contribution is -2.40. The molecule has 0 aliphatic carbocycles. The van der Waals surface area contributed by atoms with Crippen molar-refractivity contribution in [3.05, 3.63) is 125 Å². The molecule has 0 saturated carbocycles. The first-order chi connectivity index (χ1) is 20.3. The van der Waals surface area contributed by atoms with E-state index in [1.165, 1.54) is 11.3 Å². The Labute approximate surface area is 249 Å². The van der Waals surface area contributed by atoms with Crippen molar-refractivity contribution in [2.45, 2.75) is 17.9 Å². The molecule has 0 radical (unpaired) electrons. The maximum atomic E-state index is 14.1. The lowest BCUT2D eigenvalue weighted by molar-refractivity contribution is -0.138. The molecule has 1 aliphatic heterocycles. The fraction of sp³-hybridized carbons (Fsp3) is 0.188. The van der Waals surface area contributed by atoms with Crippen LogP contribution in [0, 0.1) is 0 Å². The predicted octanol–water partition coefficient (Wildman–Crippen LogP) is 3.85. The van der Waals surface area contributed by atoms with Gasteiger partial charge in [0.2, 0.25) is 0 Å². The third-order valence-electron chi connectivity index (χ3n) is 7.40. The molecular weight excluding hydrogens is 569 g/mol. The number of benzene rings is 3. The number of esters is 1. The first-order valence-corrected chi connectivity index (χ1v) is 15.4. The van der Waals surface area contributed by atoms with Gasteiger partial charge in [-0.3, -0.25) is 18.5 Å². The molecule has 0 amide bonds. The molecule has 10 heteroatoms. The van der Waals surface area contributed by atoms with E-state index in [2.05, 4.69) is 0 Å². The van der Waals surface area contributed by atoms with Crippen LogP contribution >= 0.6 is 23.1 Å². The highest BCUT2D eigenvalue weighted by Crippen LogP contribution is 2.35. The number of ether oxygens (including phenoxy) is 1. The fourth-order valence-electron chi connectivity index (χ4n) is 5.31. The van der Waals surface area contributed by atoms with Crippen LogP contribution in [-0.2, 0) is 23.6 Å². The number of thiazole rings is 1. The molecule has 8 nitrogen and oxygen atoms in total.